The first kappa shape index (κ1) is 17.2. The summed E-state index contributed by atoms with van der Waals surface area (Å²) in [5.74, 6) is 1.17. The van der Waals surface area contributed by atoms with E-state index in [-0.39, 0.29) is 5.91 Å². The molecule has 0 saturated heterocycles. The molecule has 1 N–H and O–H groups in total. The van der Waals surface area contributed by atoms with Gasteiger partial charge in [-0.05, 0) is 43.0 Å². The quantitative estimate of drug-likeness (QED) is 0.768. The van der Waals surface area contributed by atoms with Crippen LogP contribution in [0.4, 0.5) is 11.5 Å². The Balaban J connectivity index is 1.56. The van der Waals surface area contributed by atoms with Gasteiger partial charge in [-0.3, -0.25) is 4.79 Å². The highest BCUT2D eigenvalue weighted by atomic mass is 16.2. The van der Waals surface area contributed by atoms with E-state index >= 15 is 0 Å². The van der Waals surface area contributed by atoms with Crippen LogP contribution < -0.4 is 10.2 Å². The summed E-state index contributed by atoms with van der Waals surface area (Å²) >= 11 is 0. The maximum absolute atomic E-state index is 13.1. The minimum Gasteiger partial charge on any atom is -0.366 e. The number of amides is 1. The van der Waals surface area contributed by atoms with Crippen molar-refractivity contribution in [3.8, 4) is 0 Å². The second-order valence-electron chi connectivity index (χ2n) is 6.80. The summed E-state index contributed by atoms with van der Waals surface area (Å²) in [5.41, 5.74) is 5.03. The van der Waals surface area contributed by atoms with Gasteiger partial charge < -0.3 is 10.2 Å². The topological polar surface area (TPSA) is 58.1 Å². The maximum Gasteiger partial charge on any atom is 0.277 e. The van der Waals surface area contributed by atoms with E-state index in [9.17, 15) is 4.79 Å². The highest BCUT2D eigenvalue weighted by Crippen LogP contribution is 2.28. The Morgan fingerprint density at radius 1 is 1.07 bits per heavy atom. The lowest BCUT2D eigenvalue weighted by atomic mass is 10.1. The molecule has 0 bridgehead atoms. The van der Waals surface area contributed by atoms with Crippen molar-refractivity contribution in [1.29, 1.82) is 0 Å². The Morgan fingerprint density at radius 2 is 1.85 bits per heavy atom. The molecule has 2 heterocycles. The van der Waals surface area contributed by atoms with Crippen molar-refractivity contribution in [2.75, 3.05) is 16.8 Å². The molecule has 1 aromatic heterocycles. The summed E-state index contributed by atoms with van der Waals surface area (Å²) in [6.07, 6.45) is 0.879. The van der Waals surface area contributed by atoms with Crippen molar-refractivity contribution in [3.63, 3.8) is 0 Å². The Labute approximate surface area is 159 Å². The molecule has 4 rings (SSSR count). The molecule has 136 valence electrons. The number of rotatable bonds is 4. The van der Waals surface area contributed by atoms with E-state index in [2.05, 4.69) is 40.4 Å². The Kier molecular flexibility index (Phi) is 4.59. The van der Waals surface area contributed by atoms with Gasteiger partial charge in [0.25, 0.3) is 5.91 Å². The number of benzene rings is 2. The highest BCUT2D eigenvalue weighted by Gasteiger charge is 2.26. The number of hydrogen-bond donors (Lipinski definition) is 1. The SMILES string of the molecule is Cc1nc(NCc2ccccc2C)cc(C(=O)N2CCc3ccccc32)n1. The van der Waals surface area contributed by atoms with Crippen LogP contribution in [0.1, 0.15) is 33.0 Å². The first-order chi connectivity index (χ1) is 13.1. The van der Waals surface area contributed by atoms with Crippen LogP contribution in [-0.4, -0.2) is 22.4 Å². The fourth-order valence-electron chi connectivity index (χ4n) is 3.45. The monoisotopic (exact) mass is 358 g/mol. The fourth-order valence-corrected chi connectivity index (χ4v) is 3.45. The standard InChI is InChI=1S/C22H22N4O/c1-15-7-3-4-9-18(15)14-23-21-13-19(24-16(2)25-21)22(27)26-12-11-17-8-5-6-10-20(17)26/h3-10,13H,11-12,14H2,1-2H3,(H,23,24,25). The molecule has 1 aliphatic heterocycles. The first-order valence-corrected chi connectivity index (χ1v) is 9.15. The average molecular weight is 358 g/mol. The van der Waals surface area contributed by atoms with Crippen LogP contribution in [0, 0.1) is 13.8 Å². The Bertz CT molecular complexity index is 999. The van der Waals surface area contributed by atoms with Crippen LogP contribution in [0.3, 0.4) is 0 Å². The lowest BCUT2D eigenvalue weighted by Crippen LogP contribution is -2.30. The number of carbonyl (C=O) groups excluding carboxylic acids is 1. The third-order valence-corrected chi connectivity index (χ3v) is 4.91. The van der Waals surface area contributed by atoms with Gasteiger partial charge in [-0.15, -0.1) is 0 Å². The van der Waals surface area contributed by atoms with Crippen molar-refractivity contribution in [2.45, 2.75) is 26.8 Å². The van der Waals surface area contributed by atoms with E-state index in [0.29, 0.717) is 30.4 Å². The average Bonchev–Trinajstić information content (AvgIpc) is 3.10. The molecule has 0 aliphatic carbocycles. The van der Waals surface area contributed by atoms with Crippen molar-refractivity contribution in [2.24, 2.45) is 0 Å². The summed E-state index contributed by atoms with van der Waals surface area (Å²) < 4.78 is 0. The van der Waals surface area contributed by atoms with Gasteiger partial charge in [0.1, 0.15) is 17.3 Å². The minimum atomic E-state index is -0.0793. The van der Waals surface area contributed by atoms with E-state index in [0.717, 1.165) is 12.1 Å². The van der Waals surface area contributed by atoms with Gasteiger partial charge in [0.2, 0.25) is 0 Å². The molecule has 0 saturated carbocycles. The van der Waals surface area contributed by atoms with Crippen LogP contribution in [0.5, 0.6) is 0 Å². The molecule has 27 heavy (non-hydrogen) atoms. The number of aromatic nitrogens is 2. The molecule has 0 spiro atoms. The number of para-hydroxylation sites is 1. The largest absolute Gasteiger partial charge is 0.366 e. The zero-order valence-electron chi connectivity index (χ0n) is 15.6. The minimum absolute atomic E-state index is 0.0793. The highest BCUT2D eigenvalue weighted by molar-refractivity contribution is 6.06. The number of fused-ring (bicyclic) bond motifs is 1. The summed E-state index contributed by atoms with van der Waals surface area (Å²) in [4.78, 5) is 23.7. The van der Waals surface area contributed by atoms with Crippen molar-refractivity contribution < 1.29 is 4.79 Å². The van der Waals surface area contributed by atoms with Gasteiger partial charge in [0.05, 0.1) is 0 Å². The molecule has 0 radical (unpaired) electrons. The van der Waals surface area contributed by atoms with E-state index in [1.54, 1.807) is 6.07 Å². The van der Waals surface area contributed by atoms with Crippen LogP contribution in [-0.2, 0) is 13.0 Å². The van der Waals surface area contributed by atoms with Gasteiger partial charge in [-0.1, -0.05) is 42.5 Å². The second kappa shape index (κ2) is 7.19. The second-order valence-corrected chi connectivity index (χ2v) is 6.80. The van der Waals surface area contributed by atoms with E-state index in [1.807, 2.05) is 42.2 Å². The third-order valence-electron chi connectivity index (χ3n) is 4.91. The number of nitrogens with one attached hydrogen (secondary N) is 1. The lowest BCUT2D eigenvalue weighted by molar-refractivity contribution is 0.0984. The van der Waals surface area contributed by atoms with E-state index in [1.165, 1.54) is 16.7 Å². The first-order valence-electron chi connectivity index (χ1n) is 9.15. The van der Waals surface area contributed by atoms with E-state index < -0.39 is 0 Å². The smallest absolute Gasteiger partial charge is 0.277 e. The van der Waals surface area contributed by atoms with Gasteiger partial charge >= 0.3 is 0 Å². The van der Waals surface area contributed by atoms with Crippen LogP contribution in [0.15, 0.2) is 54.6 Å². The molecule has 5 nitrogen and oxygen atoms in total. The molecular weight excluding hydrogens is 336 g/mol. The predicted molar refractivity (Wildman–Crippen MR) is 107 cm³/mol. The molecule has 0 fully saturated rings. The number of anilines is 2. The van der Waals surface area contributed by atoms with Gasteiger partial charge in [0.15, 0.2) is 0 Å². The Morgan fingerprint density at radius 3 is 2.70 bits per heavy atom. The molecule has 2 aromatic carbocycles. The number of hydrogen-bond acceptors (Lipinski definition) is 4. The number of nitrogens with zero attached hydrogens (tertiary/aromatic N) is 3. The predicted octanol–water partition coefficient (Wildman–Crippen LogP) is 3.91. The normalized spacial score (nSPS) is 12.7. The molecule has 0 atom stereocenters. The molecule has 1 amide bonds. The van der Waals surface area contributed by atoms with Crippen LogP contribution in [0.2, 0.25) is 0 Å². The molecule has 0 unspecified atom stereocenters. The molecule has 1 aliphatic rings. The lowest BCUT2D eigenvalue weighted by Gasteiger charge is -2.17. The summed E-state index contributed by atoms with van der Waals surface area (Å²) in [6.45, 7) is 5.24. The van der Waals surface area contributed by atoms with Crippen molar-refractivity contribution in [3.05, 3.63) is 82.8 Å². The third kappa shape index (κ3) is 3.53. The van der Waals surface area contributed by atoms with Crippen molar-refractivity contribution in [1.82, 2.24) is 9.97 Å². The van der Waals surface area contributed by atoms with Crippen LogP contribution >= 0.6 is 0 Å². The number of aryl methyl sites for hydroxylation is 2. The van der Waals surface area contributed by atoms with E-state index in [4.69, 9.17) is 0 Å². The summed E-state index contributed by atoms with van der Waals surface area (Å²) in [6, 6.07) is 18.0. The zero-order valence-corrected chi connectivity index (χ0v) is 15.6. The fraction of sp³-hybridized carbons (Fsp3) is 0.227. The molecule has 5 heteroatoms. The van der Waals surface area contributed by atoms with Gasteiger partial charge in [-0.25, -0.2) is 9.97 Å². The summed E-state index contributed by atoms with van der Waals surface area (Å²) in [7, 11) is 0. The molecule has 3 aromatic rings. The maximum atomic E-state index is 13.1. The number of carbonyl (C=O) groups is 1. The summed E-state index contributed by atoms with van der Waals surface area (Å²) in [5, 5.41) is 3.33. The Hall–Kier alpha value is -3.21. The molecular formula is C22H22N4O. The van der Waals surface area contributed by atoms with Gasteiger partial charge in [0, 0.05) is 24.8 Å². The van der Waals surface area contributed by atoms with Crippen LogP contribution in [0.25, 0.3) is 0 Å². The van der Waals surface area contributed by atoms with Gasteiger partial charge in [-0.2, -0.15) is 0 Å². The van der Waals surface area contributed by atoms with Crippen molar-refractivity contribution >= 4 is 17.4 Å². The zero-order chi connectivity index (χ0) is 18.8.